The van der Waals surface area contributed by atoms with Crippen molar-refractivity contribution < 1.29 is 93.7 Å². The summed E-state index contributed by atoms with van der Waals surface area (Å²) in [5, 5.41) is 109. The molecule has 0 radical (unpaired) electrons. The van der Waals surface area contributed by atoms with Crippen LogP contribution in [0.1, 0.15) is 1.43 Å². The molecule has 16 nitrogen and oxygen atoms in total. The molecule has 3 aliphatic heterocycles. The molecule has 3 aliphatic rings. The van der Waals surface area contributed by atoms with Crippen LogP contribution in [0.3, 0.4) is 0 Å². The fourth-order valence-corrected chi connectivity index (χ4v) is 4.06. The molecule has 0 aromatic carbocycles. The first-order valence-electron chi connectivity index (χ1n) is 10.6. The summed E-state index contributed by atoms with van der Waals surface area (Å²) in [5.41, 5.74) is 0. The van der Waals surface area contributed by atoms with Gasteiger partial charge in [-0.15, -0.1) is 0 Å². The van der Waals surface area contributed by atoms with Crippen molar-refractivity contribution in [3.05, 3.63) is 0 Å². The third-order valence-corrected chi connectivity index (χ3v) is 6.09. The molecule has 3 saturated heterocycles. The van der Waals surface area contributed by atoms with E-state index in [1.807, 2.05) is 0 Å². The Morgan fingerprint density at radius 1 is 0.486 bits per heavy atom. The van der Waals surface area contributed by atoms with Gasteiger partial charge in [0.25, 0.3) is 0 Å². The van der Waals surface area contributed by atoms with E-state index in [-0.39, 0.29) is 13.8 Å². The minimum atomic E-state index is -1.91. The fourth-order valence-electron chi connectivity index (χ4n) is 4.06. The highest BCUT2D eigenvalue weighted by atomic mass is 35.5. The van der Waals surface area contributed by atoms with Gasteiger partial charge in [0.05, 0.1) is 19.8 Å². The Bertz CT molecular complexity index is 648. The Kier molecular flexibility index (Phi) is 11.4. The van der Waals surface area contributed by atoms with Crippen molar-refractivity contribution in [2.45, 2.75) is 92.1 Å². The molecule has 15 atom stereocenters. The van der Waals surface area contributed by atoms with Gasteiger partial charge in [0, 0.05) is 0 Å². The summed E-state index contributed by atoms with van der Waals surface area (Å²) in [6.07, 6.45) is -25.1. The highest BCUT2D eigenvalue weighted by molar-refractivity contribution is 4.96. The molecule has 11 N–H and O–H groups in total. The average molecular weight is 541 g/mol. The standard InChI is InChI=1S/C18H32O16.ClH/c19-1-4-7(22)8(23)12(27)17(31-4)34-15-6(3-21)32-18(13(28)10(15)25)33-14-5(2-20)30-16(29)11(26)9(14)24;/h4-29H,1-3H2;1H/t4-,5-,6-,7-,8+,9-,10-,11-,12-,13-,14-,15-,16?,17+,18+;/m1./s1. The topological polar surface area (TPSA) is 269 Å². The summed E-state index contributed by atoms with van der Waals surface area (Å²) in [5.74, 6) is 0. The van der Waals surface area contributed by atoms with Gasteiger partial charge in [0.15, 0.2) is 18.9 Å². The normalized spacial score (nSPS) is 51.0. The second-order valence-electron chi connectivity index (χ2n) is 8.33. The Balaban J connectivity index is 0.00000324. The van der Waals surface area contributed by atoms with Crippen LogP contribution in [0.25, 0.3) is 0 Å². The summed E-state index contributed by atoms with van der Waals surface area (Å²) in [6, 6.07) is 0. The molecule has 0 aromatic heterocycles. The third-order valence-electron chi connectivity index (χ3n) is 6.09. The van der Waals surface area contributed by atoms with Crippen LogP contribution in [0, 0.1) is 0 Å². The molecule has 17 heteroatoms. The van der Waals surface area contributed by atoms with Crippen LogP contribution in [-0.4, -0.2) is 168 Å². The van der Waals surface area contributed by atoms with Gasteiger partial charge in [0.2, 0.25) is 0 Å². The molecule has 1 unspecified atom stereocenters. The number of ether oxygens (including phenoxy) is 5. The Hall–Kier alpha value is -0.350. The summed E-state index contributed by atoms with van der Waals surface area (Å²) < 4.78 is 26.4. The maximum atomic E-state index is 10.6. The molecule has 0 aromatic rings. The minimum Gasteiger partial charge on any atom is -1.00 e. The van der Waals surface area contributed by atoms with Crippen molar-refractivity contribution >= 4 is 0 Å². The molecule has 0 bridgehead atoms. The number of aliphatic hydroxyl groups excluding tert-OH is 11. The van der Waals surface area contributed by atoms with Gasteiger partial charge < -0.3 is 92.3 Å². The lowest BCUT2D eigenvalue weighted by molar-refractivity contribution is -0.377. The maximum Gasteiger partial charge on any atom is 1.00 e. The first-order chi connectivity index (χ1) is 16.0. The van der Waals surface area contributed by atoms with Crippen LogP contribution in [0.5, 0.6) is 0 Å². The quantitative estimate of drug-likeness (QED) is 0.143. The largest absolute Gasteiger partial charge is 1.00 e. The van der Waals surface area contributed by atoms with Crippen molar-refractivity contribution in [3.8, 4) is 0 Å². The van der Waals surface area contributed by atoms with Crippen LogP contribution >= 0.6 is 0 Å². The lowest BCUT2D eigenvalue weighted by atomic mass is 9.96. The lowest BCUT2D eigenvalue weighted by Gasteiger charge is -2.47. The third kappa shape index (κ3) is 6.21. The fraction of sp³-hybridized carbons (Fsp3) is 1.00. The van der Waals surface area contributed by atoms with Crippen LogP contribution < -0.4 is 12.4 Å². The van der Waals surface area contributed by atoms with Gasteiger partial charge in [-0.3, -0.25) is 0 Å². The van der Waals surface area contributed by atoms with E-state index >= 15 is 0 Å². The molecule has 208 valence electrons. The van der Waals surface area contributed by atoms with Gasteiger partial charge in [-0.1, -0.05) is 0 Å². The SMILES string of the molecule is OC[C@H]1O[C@@H](O[C@H]2[C@H](O)[C@@H](O)[C@H](O[C@H]3[C@H](O)[C@@H](O)C(O)O[C@@H]3CO)O[C@@H]2CO)[C@H](O)[C@@H](O)[C@@H]1O.[Cl-].[H+]. The average Bonchev–Trinajstić information content (AvgIpc) is 2.83. The summed E-state index contributed by atoms with van der Waals surface area (Å²) in [4.78, 5) is 0. The monoisotopic (exact) mass is 540 g/mol. The molecule has 0 saturated carbocycles. The smallest absolute Gasteiger partial charge is 1.00 e. The second kappa shape index (κ2) is 12.9. The van der Waals surface area contributed by atoms with Gasteiger partial charge in [0.1, 0.15) is 73.2 Å². The van der Waals surface area contributed by atoms with E-state index in [0.717, 1.165) is 0 Å². The molecule has 35 heavy (non-hydrogen) atoms. The zero-order valence-electron chi connectivity index (χ0n) is 19.1. The number of hydrogen-bond acceptors (Lipinski definition) is 16. The van der Waals surface area contributed by atoms with E-state index in [1.54, 1.807) is 0 Å². The second-order valence-corrected chi connectivity index (χ2v) is 8.33. The van der Waals surface area contributed by atoms with Gasteiger partial charge in [-0.05, 0) is 0 Å². The van der Waals surface area contributed by atoms with Crippen LogP contribution in [0.2, 0.25) is 0 Å². The number of rotatable bonds is 7. The van der Waals surface area contributed by atoms with E-state index in [4.69, 9.17) is 23.7 Å². The summed E-state index contributed by atoms with van der Waals surface area (Å²) >= 11 is 0. The van der Waals surface area contributed by atoms with E-state index in [9.17, 15) is 56.2 Å². The zero-order chi connectivity index (χ0) is 25.3. The van der Waals surface area contributed by atoms with E-state index in [2.05, 4.69) is 0 Å². The van der Waals surface area contributed by atoms with Gasteiger partial charge in [-0.25, -0.2) is 0 Å². The first-order valence-corrected chi connectivity index (χ1v) is 10.6. The Morgan fingerprint density at radius 3 is 1.37 bits per heavy atom. The van der Waals surface area contributed by atoms with Gasteiger partial charge >= 0.3 is 1.43 Å². The van der Waals surface area contributed by atoms with Gasteiger partial charge in [-0.2, -0.15) is 0 Å². The van der Waals surface area contributed by atoms with Crippen molar-refractivity contribution in [1.29, 1.82) is 0 Å². The molecular formula is C18H33ClO16. The Labute approximate surface area is 206 Å². The van der Waals surface area contributed by atoms with Crippen molar-refractivity contribution in [1.82, 2.24) is 0 Å². The summed E-state index contributed by atoms with van der Waals surface area (Å²) in [6.45, 7) is -2.32. The molecule has 3 heterocycles. The van der Waals surface area contributed by atoms with E-state index in [0.29, 0.717) is 0 Å². The molecule has 3 rings (SSSR count). The van der Waals surface area contributed by atoms with E-state index < -0.39 is 112 Å². The van der Waals surface area contributed by atoms with Crippen molar-refractivity contribution in [2.75, 3.05) is 19.8 Å². The minimum absolute atomic E-state index is 0. The predicted octanol–water partition coefficient (Wildman–Crippen LogP) is -10.5. The lowest BCUT2D eigenvalue weighted by Crippen LogP contribution is -3.00. The van der Waals surface area contributed by atoms with Crippen LogP contribution in [0.15, 0.2) is 0 Å². The van der Waals surface area contributed by atoms with Crippen LogP contribution in [0.4, 0.5) is 0 Å². The molecule has 0 amide bonds. The van der Waals surface area contributed by atoms with E-state index in [1.165, 1.54) is 0 Å². The van der Waals surface area contributed by atoms with Crippen molar-refractivity contribution in [2.24, 2.45) is 0 Å². The number of hydrogen-bond donors (Lipinski definition) is 11. The number of halogens is 1. The first kappa shape index (κ1) is 30.9. The highest BCUT2D eigenvalue weighted by Crippen LogP contribution is 2.32. The maximum absolute atomic E-state index is 10.6. The zero-order valence-corrected chi connectivity index (χ0v) is 18.9. The predicted molar refractivity (Wildman–Crippen MR) is 102 cm³/mol. The Morgan fingerprint density at radius 2 is 0.886 bits per heavy atom. The van der Waals surface area contributed by atoms with Crippen LogP contribution in [-0.2, 0) is 23.7 Å². The summed E-state index contributed by atoms with van der Waals surface area (Å²) in [7, 11) is 0. The van der Waals surface area contributed by atoms with Crippen molar-refractivity contribution in [3.63, 3.8) is 0 Å². The molecule has 0 spiro atoms. The molecular weight excluding hydrogens is 508 g/mol. The number of aliphatic hydroxyl groups is 11. The highest BCUT2D eigenvalue weighted by Gasteiger charge is 2.53. The molecule has 3 fully saturated rings. The molecule has 0 aliphatic carbocycles.